The van der Waals surface area contributed by atoms with Crippen LogP contribution in [0, 0.1) is 0 Å². The lowest BCUT2D eigenvalue weighted by Crippen LogP contribution is -2.23. The SMILES string of the molecule is COc1ccc(NS(=O)(=O)c2ccc(N3CCCC3=O)cc2)cc1. The number of rotatable bonds is 5. The summed E-state index contributed by atoms with van der Waals surface area (Å²) in [5.41, 5.74) is 1.18. The Hall–Kier alpha value is -2.54. The average molecular weight is 346 g/mol. The van der Waals surface area contributed by atoms with Gasteiger partial charge in [0.25, 0.3) is 10.0 Å². The van der Waals surface area contributed by atoms with Crippen molar-refractivity contribution in [1.82, 2.24) is 0 Å². The second-order valence-electron chi connectivity index (χ2n) is 5.48. The number of anilines is 2. The molecule has 1 amide bonds. The summed E-state index contributed by atoms with van der Waals surface area (Å²) in [6.07, 6.45) is 1.37. The van der Waals surface area contributed by atoms with Gasteiger partial charge in [0.05, 0.1) is 12.0 Å². The normalized spacial score (nSPS) is 14.7. The van der Waals surface area contributed by atoms with Crippen molar-refractivity contribution >= 4 is 27.3 Å². The second-order valence-corrected chi connectivity index (χ2v) is 7.16. The fraction of sp³-hybridized carbons (Fsp3) is 0.235. The van der Waals surface area contributed by atoms with E-state index in [-0.39, 0.29) is 10.8 Å². The molecule has 0 bridgehead atoms. The van der Waals surface area contributed by atoms with Gasteiger partial charge in [0.2, 0.25) is 5.91 Å². The molecule has 0 aromatic heterocycles. The van der Waals surface area contributed by atoms with Crippen LogP contribution in [0.15, 0.2) is 53.4 Å². The molecule has 1 saturated heterocycles. The molecule has 0 unspecified atom stereocenters. The summed E-state index contributed by atoms with van der Waals surface area (Å²) in [7, 11) is -2.13. The number of carbonyl (C=O) groups excluding carboxylic acids is 1. The van der Waals surface area contributed by atoms with E-state index in [0.717, 1.165) is 12.1 Å². The first-order valence-electron chi connectivity index (χ1n) is 7.57. The van der Waals surface area contributed by atoms with Crippen LogP contribution in [0.2, 0.25) is 0 Å². The molecule has 0 saturated carbocycles. The molecule has 2 aromatic carbocycles. The molecule has 0 aliphatic carbocycles. The van der Waals surface area contributed by atoms with Crippen LogP contribution in [0.25, 0.3) is 0 Å². The average Bonchev–Trinajstić information content (AvgIpc) is 3.01. The van der Waals surface area contributed by atoms with Crippen LogP contribution in [0.3, 0.4) is 0 Å². The monoisotopic (exact) mass is 346 g/mol. The van der Waals surface area contributed by atoms with Crippen LogP contribution in [0.1, 0.15) is 12.8 Å². The summed E-state index contributed by atoms with van der Waals surface area (Å²) in [6.45, 7) is 0.676. The minimum atomic E-state index is -3.68. The molecular formula is C17H18N2O4S. The first-order chi connectivity index (χ1) is 11.5. The molecule has 126 valence electrons. The Morgan fingerprint density at radius 3 is 2.25 bits per heavy atom. The van der Waals surface area contributed by atoms with E-state index in [1.165, 1.54) is 12.1 Å². The van der Waals surface area contributed by atoms with Gasteiger partial charge in [0.15, 0.2) is 0 Å². The molecular weight excluding hydrogens is 328 g/mol. The highest BCUT2D eigenvalue weighted by molar-refractivity contribution is 7.92. The van der Waals surface area contributed by atoms with E-state index in [9.17, 15) is 13.2 Å². The summed E-state index contributed by atoms with van der Waals surface area (Å²) >= 11 is 0. The van der Waals surface area contributed by atoms with E-state index in [1.54, 1.807) is 48.4 Å². The predicted molar refractivity (Wildman–Crippen MR) is 91.8 cm³/mol. The number of hydrogen-bond donors (Lipinski definition) is 1. The molecule has 1 fully saturated rings. The number of sulfonamides is 1. The second kappa shape index (κ2) is 6.52. The summed E-state index contributed by atoms with van der Waals surface area (Å²) < 4.78 is 32.4. The maximum Gasteiger partial charge on any atom is 0.261 e. The number of benzene rings is 2. The number of ether oxygens (including phenoxy) is 1. The third-order valence-corrected chi connectivity index (χ3v) is 5.27. The van der Waals surface area contributed by atoms with E-state index in [4.69, 9.17) is 4.74 Å². The van der Waals surface area contributed by atoms with Crippen LogP contribution in [0.4, 0.5) is 11.4 Å². The largest absolute Gasteiger partial charge is 0.497 e. The molecule has 6 nitrogen and oxygen atoms in total. The van der Waals surface area contributed by atoms with Gasteiger partial charge < -0.3 is 9.64 Å². The molecule has 7 heteroatoms. The van der Waals surface area contributed by atoms with Crippen molar-refractivity contribution < 1.29 is 17.9 Å². The summed E-state index contributed by atoms with van der Waals surface area (Å²) in [4.78, 5) is 13.6. The third-order valence-electron chi connectivity index (χ3n) is 3.87. The molecule has 2 aromatic rings. The van der Waals surface area contributed by atoms with Gasteiger partial charge in [-0.15, -0.1) is 0 Å². The minimum absolute atomic E-state index is 0.0713. The van der Waals surface area contributed by atoms with Gasteiger partial charge in [0, 0.05) is 24.3 Å². The van der Waals surface area contributed by atoms with E-state index >= 15 is 0 Å². The molecule has 0 radical (unpaired) electrons. The first kappa shape index (κ1) is 16.3. The van der Waals surface area contributed by atoms with Gasteiger partial charge in [-0.1, -0.05) is 0 Å². The Morgan fingerprint density at radius 1 is 1.04 bits per heavy atom. The molecule has 1 aliphatic heterocycles. The van der Waals surface area contributed by atoms with Crippen molar-refractivity contribution in [1.29, 1.82) is 0 Å². The number of methoxy groups -OCH3 is 1. The van der Waals surface area contributed by atoms with Crippen LogP contribution >= 0.6 is 0 Å². The van der Waals surface area contributed by atoms with Gasteiger partial charge in [0.1, 0.15) is 5.75 Å². The van der Waals surface area contributed by atoms with Gasteiger partial charge in [-0.2, -0.15) is 0 Å². The smallest absolute Gasteiger partial charge is 0.261 e. The van der Waals surface area contributed by atoms with Gasteiger partial charge >= 0.3 is 0 Å². The van der Waals surface area contributed by atoms with Crippen molar-refractivity contribution in [2.75, 3.05) is 23.3 Å². The lowest BCUT2D eigenvalue weighted by Gasteiger charge is -2.16. The van der Waals surface area contributed by atoms with E-state index in [2.05, 4.69) is 4.72 Å². The van der Waals surface area contributed by atoms with E-state index in [0.29, 0.717) is 24.4 Å². The van der Waals surface area contributed by atoms with E-state index < -0.39 is 10.0 Å². The lowest BCUT2D eigenvalue weighted by atomic mass is 10.3. The van der Waals surface area contributed by atoms with Crippen molar-refractivity contribution in [3.8, 4) is 5.75 Å². The fourth-order valence-electron chi connectivity index (χ4n) is 2.60. The maximum absolute atomic E-state index is 12.4. The summed E-state index contributed by atoms with van der Waals surface area (Å²) in [5.74, 6) is 0.722. The Balaban J connectivity index is 1.77. The maximum atomic E-state index is 12.4. The Bertz CT molecular complexity index is 830. The van der Waals surface area contributed by atoms with E-state index in [1.807, 2.05) is 0 Å². The number of nitrogens with zero attached hydrogens (tertiary/aromatic N) is 1. The Morgan fingerprint density at radius 2 is 1.71 bits per heavy atom. The predicted octanol–water partition coefficient (Wildman–Crippen LogP) is 2.62. The molecule has 1 N–H and O–H groups in total. The first-order valence-corrected chi connectivity index (χ1v) is 9.05. The topological polar surface area (TPSA) is 75.7 Å². The molecule has 3 rings (SSSR count). The van der Waals surface area contributed by atoms with Gasteiger partial charge in [-0.25, -0.2) is 8.42 Å². The molecule has 1 heterocycles. The summed E-state index contributed by atoms with van der Waals surface area (Å²) in [5, 5.41) is 0. The molecule has 0 atom stereocenters. The zero-order valence-corrected chi connectivity index (χ0v) is 14.0. The number of carbonyl (C=O) groups is 1. The van der Waals surface area contributed by atoms with Crippen molar-refractivity contribution in [2.24, 2.45) is 0 Å². The highest BCUT2D eigenvalue weighted by Crippen LogP contribution is 2.24. The van der Waals surface area contributed by atoms with Crippen molar-refractivity contribution in [3.63, 3.8) is 0 Å². The zero-order chi connectivity index (χ0) is 17.2. The molecule has 0 spiro atoms. The van der Waals surface area contributed by atoms with Crippen LogP contribution in [-0.2, 0) is 14.8 Å². The Kier molecular flexibility index (Phi) is 4.44. The number of nitrogens with one attached hydrogen (secondary N) is 1. The standard InChI is InChI=1S/C17H18N2O4S/c1-23-15-8-4-13(5-9-15)18-24(21,22)16-10-6-14(7-11-16)19-12-2-3-17(19)20/h4-11,18H,2-3,12H2,1H3. The van der Waals surface area contributed by atoms with Crippen LogP contribution in [-0.4, -0.2) is 28.0 Å². The number of amides is 1. The highest BCUT2D eigenvalue weighted by Gasteiger charge is 2.22. The van der Waals surface area contributed by atoms with Gasteiger partial charge in [-0.05, 0) is 55.0 Å². The lowest BCUT2D eigenvalue weighted by molar-refractivity contribution is -0.117. The number of hydrogen-bond acceptors (Lipinski definition) is 4. The van der Waals surface area contributed by atoms with Crippen molar-refractivity contribution in [3.05, 3.63) is 48.5 Å². The molecule has 1 aliphatic rings. The quantitative estimate of drug-likeness (QED) is 0.903. The van der Waals surface area contributed by atoms with Crippen LogP contribution < -0.4 is 14.4 Å². The Labute approximate surface area is 141 Å². The third kappa shape index (κ3) is 3.35. The molecule has 24 heavy (non-hydrogen) atoms. The van der Waals surface area contributed by atoms with Crippen molar-refractivity contribution in [2.45, 2.75) is 17.7 Å². The van der Waals surface area contributed by atoms with Crippen LogP contribution in [0.5, 0.6) is 5.75 Å². The summed E-state index contributed by atoms with van der Waals surface area (Å²) in [6, 6.07) is 13.0. The minimum Gasteiger partial charge on any atom is -0.497 e. The fourth-order valence-corrected chi connectivity index (χ4v) is 3.66. The zero-order valence-electron chi connectivity index (χ0n) is 13.2. The van der Waals surface area contributed by atoms with Gasteiger partial charge in [-0.3, -0.25) is 9.52 Å². The highest BCUT2D eigenvalue weighted by atomic mass is 32.2.